The molecular weight excluding hydrogens is 306 g/mol. The lowest BCUT2D eigenvalue weighted by Crippen LogP contribution is -2.27. The van der Waals surface area contributed by atoms with Gasteiger partial charge in [-0.05, 0) is 61.1 Å². The Morgan fingerprint density at radius 3 is 2.26 bits per heavy atom. The van der Waals surface area contributed by atoms with Gasteiger partial charge < -0.3 is 20.3 Å². The van der Waals surface area contributed by atoms with Gasteiger partial charge in [0.1, 0.15) is 5.75 Å². The molecule has 2 aromatic carbocycles. The van der Waals surface area contributed by atoms with Crippen molar-refractivity contribution in [1.29, 1.82) is 0 Å². The molecule has 122 valence electrons. The number of hydrogen-bond donors (Lipinski definition) is 2. The van der Waals surface area contributed by atoms with Gasteiger partial charge in [-0.2, -0.15) is 0 Å². The zero-order valence-corrected chi connectivity index (χ0v) is 14.6. The lowest BCUT2D eigenvalue weighted by molar-refractivity contribution is 0.340. The van der Waals surface area contributed by atoms with Crippen LogP contribution >= 0.6 is 12.2 Å². The van der Waals surface area contributed by atoms with Gasteiger partial charge in [0.15, 0.2) is 5.11 Å². The first-order valence-corrected chi connectivity index (χ1v) is 8.03. The summed E-state index contributed by atoms with van der Waals surface area (Å²) in [6.45, 7) is 3.33. The van der Waals surface area contributed by atoms with E-state index >= 15 is 0 Å². The fourth-order valence-corrected chi connectivity index (χ4v) is 2.26. The number of benzene rings is 2. The van der Waals surface area contributed by atoms with Gasteiger partial charge in [0.05, 0.1) is 6.61 Å². The minimum absolute atomic E-state index is 0.603. The molecular formula is C18H23N3OS. The first kappa shape index (κ1) is 17.1. The van der Waals surface area contributed by atoms with Crippen molar-refractivity contribution in [2.24, 2.45) is 0 Å². The van der Waals surface area contributed by atoms with Crippen LogP contribution in [0.3, 0.4) is 0 Å². The second kappa shape index (κ2) is 8.39. The summed E-state index contributed by atoms with van der Waals surface area (Å²) in [5.74, 6) is 0.859. The highest BCUT2D eigenvalue weighted by Gasteiger charge is 2.00. The molecule has 0 radical (unpaired) electrons. The second-order valence-corrected chi connectivity index (χ2v) is 5.73. The van der Waals surface area contributed by atoms with E-state index in [1.807, 2.05) is 45.3 Å². The molecule has 4 nitrogen and oxygen atoms in total. The van der Waals surface area contributed by atoms with Crippen LogP contribution in [0.5, 0.6) is 5.75 Å². The summed E-state index contributed by atoms with van der Waals surface area (Å²) >= 11 is 5.32. The van der Waals surface area contributed by atoms with Crippen molar-refractivity contribution < 1.29 is 4.74 Å². The van der Waals surface area contributed by atoms with Crippen molar-refractivity contribution in [3.05, 3.63) is 54.1 Å². The van der Waals surface area contributed by atoms with Crippen LogP contribution in [0.15, 0.2) is 48.5 Å². The van der Waals surface area contributed by atoms with Crippen LogP contribution < -0.4 is 20.3 Å². The van der Waals surface area contributed by atoms with Crippen LogP contribution in [-0.4, -0.2) is 25.8 Å². The van der Waals surface area contributed by atoms with Crippen LogP contribution in [-0.2, 0) is 6.54 Å². The first-order chi connectivity index (χ1) is 11.1. The molecule has 0 saturated heterocycles. The molecule has 0 aromatic heterocycles. The summed E-state index contributed by atoms with van der Waals surface area (Å²) in [5.41, 5.74) is 3.31. The molecule has 23 heavy (non-hydrogen) atoms. The molecule has 0 aliphatic rings. The van der Waals surface area contributed by atoms with Crippen LogP contribution in [0.25, 0.3) is 0 Å². The van der Waals surface area contributed by atoms with Gasteiger partial charge in [-0.25, -0.2) is 0 Å². The van der Waals surface area contributed by atoms with E-state index in [2.05, 4.69) is 39.8 Å². The van der Waals surface area contributed by atoms with Gasteiger partial charge >= 0.3 is 0 Å². The minimum atomic E-state index is 0.603. The Hall–Kier alpha value is -2.27. The minimum Gasteiger partial charge on any atom is -0.494 e. The van der Waals surface area contributed by atoms with E-state index in [-0.39, 0.29) is 0 Å². The van der Waals surface area contributed by atoms with Crippen LogP contribution in [0.4, 0.5) is 11.4 Å². The third kappa shape index (κ3) is 5.45. The van der Waals surface area contributed by atoms with E-state index in [0.717, 1.165) is 11.4 Å². The number of thiocarbonyl (C=S) groups is 1. The Morgan fingerprint density at radius 1 is 1.04 bits per heavy atom. The first-order valence-electron chi connectivity index (χ1n) is 7.62. The number of nitrogens with zero attached hydrogens (tertiary/aromatic N) is 1. The smallest absolute Gasteiger partial charge is 0.171 e. The molecule has 0 heterocycles. The molecule has 0 atom stereocenters. The average Bonchev–Trinajstić information content (AvgIpc) is 2.55. The number of nitrogens with one attached hydrogen (secondary N) is 2. The fraction of sp³-hybridized carbons (Fsp3) is 0.278. The highest BCUT2D eigenvalue weighted by molar-refractivity contribution is 7.80. The van der Waals surface area contributed by atoms with Crippen molar-refractivity contribution in [1.82, 2.24) is 5.32 Å². The number of rotatable bonds is 6. The third-order valence-corrected chi connectivity index (χ3v) is 3.58. The molecule has 0 bridgehead atoms. The molecule has 0 aliphatic carbocycles. The van der Waals surface area contributed by atoms with Crippen molar-refractivity contribution in [3.8, 4) is 5.75 Å². The molecule has 2 rings (SSSR count). The normalized spacial score (nSPS) is 10.0. The highest BCUT2D eigenvalue weighted by Crippen LogP contribution is 2.15. The predicted octanol–water partition coefficient (Wildman–Crippen LogP) is 3.64. The Balaban J connectivity index is 1.82. The second-order valence-electron chi connectivity index (χ2n) is 5.33. The molecule has 0 amide bonds. The van der Waals surface area contributed by atoms with E-state index in [0.29, 0.717) is 18.3 Å². The summed E-state index contributed by atoms with van der Waals surface area (Å²) < 4.78 is 5.42. The summed E-state index contributed by atoms with van der Waals surface area (Å²) in [5, 5.41) is 6.98. The Morgan fingerprint density at radius 2 is 1.70 bits per heavy atom. The summed E-state index contributed by atoms with van der Waals surface area (Å²) in [6.07, 6.45) is 0. The van der Waals surface area contributed by atoms with Gasteiger partial charge in [0, 0.05) is 32.0 Å². The number of ether oxygens (including phenoxy) is 1. The topological polar surface area (TPSA) is 36.5 Å². The maximum Gasteiger partial charge on any atom is 0.171 e. The number of hydrogen-bond acceptors (Lipinski definition) is 3. The van der Waals surface area contributed by atoms with Gasteiger partial charge in [0.25, 0.3) is 0 Å². The maximum atomic E-state index is 5.42. The fourth-order valence-electron chi connectivity index (χ4n) is 2.07. The van der Waals surface area contributed by atoms with E-state index in [4.69, 9.17) is 17.0 Å². The predicted molar refractivity (Wildman–Crippen MR) is 101 cm³/mol. The van der Waals surface area contributed by atoms with Crippen LogP contribution in [0, 0.1) is 0 Å². The molecule has 0 aliphatic heterocycles. The van der Waals surface area contributed by atoms with Gasteiger partial charge in [-0.3, -0.25) is 0 Å². The van der Waals surface area contributed by atoms with Crippen molar-refractivity contribution in [3.63, 3.8) is 0 Å². The third-order valence-electron chi connectivity index (χ3n) is 3.33. The van der Waals surface area contributed by atoms with Crippen LogP contribution in [0.2, 0.25) is 0 Å². The van der Waals surface area contributed by atoms with E-state index < -0.39 is 0 Å². The van der Waals surface area contributed by atoms with E-state index in [1.54, 1.807) is 0 Å². The largest absolute Gasteiger partial charge is 0.494 e. The van der Waals surface area contributed by atoms with Gasteiger partial charge in [0.2, 0.25) is 0 Å². The van der Waals surface area contributed by atoms with Gasteiger partial charge in [-0.15, -0.1) is 0 Å². The Kier molecular flexibility index (Phi) is 6.23. The SMILES string of the molecule is CCOc1ccc(NC(=S)NCc2ccc(N(C)C)cc2)cc1. The molecule has 5 heteroatoms. The average molecular weight is 329 g/mol. The van der Waals surface area contributed by atoms with Gasteiger partial charge in [-0.1, -0.05) is 12.1 Å². The lowest BCUT2D eigenvalue weighted by atomic mass is 10.2. The molecule has 2 aromatic rings. The Bertz CT molecular complexity index is 624. The number of anilines is 2. The standard InChI is InChI=1S/C18H23N3OS/c1-4-22-17-11-7-15(8-12-17)20-18(23)19-13-14-5-9-16(10-6-14)21(2)3/h5-12H,4,13H2,1-3H3,(H2,19,20,23). The molecule has 0 spiro atoms. The summed E-state index contributed by atoms with van der Waals surface area (Å²) in [4.78, 5) is 2.08. The van der Waals surface area contributed by atoms with E-state index in [1.165, 1.54) is 11.3 Å². The maximum absolute atomic E-state index is 5.42. The summed E-state index contributed by atoms with van der Waals surface area (Å²) in [6, 6.07) is 16.1. The quantitative estimate of drug-likeness (QED) is 0.792. The monoisotopic (exact) mass is 329 g/mol. The lowest BCUT2D eigenvalue weighted by Gasteiger charge is -2.14. The zero-order chi connectivity index (χ0) is 16.7. The summed E-state index contributed by atoms with van der Waals surface area (Å²) in [7, 11) is 4.06. The molecule has 0 unspecified atom stereocenters. The highest BCUT2D eigenvalue weighted by atomic mass is 32.1. The van der Waals surface area contributed by atoms with Crippen molar-refractivity contribution in [2.45, 2.75) is 13.5 Å². The molecule has 0 saturated carbocycles. The van der Waals surface area contributed by atoms with Crippen molar-refractivity contribution in [2.75, 3.05) is 30.9 Å². The van der Waals surface area contributed by atoms with Crippen molar-refractivity contribution >= 4 is 28.7 Å². The zero-order valence-electron chi connectivity index (χ0n) is 13.8. The van der Waals surface area contributed by atoms with Crippen LogP contribution in [0.1, 0.15) is 12.5 Å². The van der Waals surface area contributed by atoms with E-state index in [9.17, 15) is 0 Å². The molecule has 0 fully saturated rings. The molecule has 2 N–H and O–H groups in total. The Labute approximate surface area is 143 Å².